The van der Waals surface area contributed by atoms with E-state index in [4.69, 9.17) is 11.6 Å². The molecule has 168 valence electrons. The van der Waals surface area contributed by atoms with Gasteiger partial charge < -0.3 is 15.2 Å². The summed E-state index contributed by atoms with van der Waals surface area (Å²) in [6.45, 7) is 5.43. The first kappa shape index (κ1) is 22.4. The summed E-state index contributed by atoms with van der Waals surface area (Å²) in [4.78, 5) is 38.5. The van der Waals surface area contributed by atoms with E-state index in [1.165, 1.54) is 0 Å². The maximum absolute atomic E-state index is 12.8. The maximum Gasteiger partial charge on any atom is 0.329 e. The lowest BCUT2D eigenvalue weighted by atomic mass is 10.2. The van der Waals surface area contributed by atoms with Crippen LogP contribution in [0.1, 0.15) is 22.5 Å². The van der Waals surface area contributed by atoms with Gasteiger partial charge in [-0.3, -0.25) is 9.59 Å². The standard InChI is InChI=1S/C25H23ClN4O3/c1-15-5-4-6-20(11-15)27-23(31)14-29-24(32)22(28-25(29)33)13-18-12-16(2)30(17(18)3)21-9-7-19(26)8-10-21/h4-13H,14H2,1-3H3,(H,27,31)(H,28,33)/b22-13-. The van der Waals surface area contributed by atoms with Gasteiger partial charge in [0.05, 0.1) is 0 Å². The van der Waals surface area contributed by atoms with Crippen molar-refractivity contribution >= 4 is 41.2 Å². The number of hydrogen-bond acceptors (Lipinski definition) is 3. The minimum Gasteiger partial charge on any atom is -0.325 e. The zero-order chi connectivity index (χ0) is 23.7. The van der Waals surface area contributed by atoms with Crippen LogP contribution in [0.25, 0.3) is 11.8 Å². The van der Waals surface area contributed by atoms with Crippen LogP contribution in [0.5, 0.6) is 0 Å². The number of imide groups is 1. The van der Waals surface area contributed by atoms with Gasteiger partial charge in [0.15, 0.2) is 0 Å². The van der Waals surface area contributed by atoms with Crippen molar-refractivity contribution in [3.05, 3.63) is 87.8 Å². The van der Waals surface area contributed by atoms with E-state index in [1.807, 2.05) is 73.9 Å². The Labute approximate surface area is 196 Å². The van der Waals surface area contributed by atoms with Gasteiger partial charge in [0.1, 0.15) is 12.2 Å². The normalized spacial score (nSPS) is 14.7. The number of benzene rings is 2. The van der Waals surface area contributed by atoms with E-state index in [0.717, 1.165) is 33.1 Å². The number of rotatable bonds is 5. The monoisotopic (exact) mass is 462 g/mol. The molecule has 1 aliphatic rings. The third-order valence-electron chi connectivity index (χ3n) is 5.42. The summed E-state index contributed by atoms with van der Waals surface area (Å²) < 4.78 is 2.04. The van der Waals surface area contributed by atoms with Crippen molar-refractivity contribution < 1.29 is 14.4 Å². The zero-order valence-corrected chi connectivity index (χ0v) is 19.2. The number of aryl methyl sites for hydroxylation is 2. The smallest absolute Gasteiger partial charge is 0.325 e. The summed E-state index contributed by atoms with van der Waals surface area (Å²) in [6.07, 6.45) is 1.63. The molecule has 0 spiro atoms. The van der Waals surface area contributed by atoms with Crippen LogP contribution in [0.3, 0.4) is 0 Å². The Morgan fingerprint density at radius 1 is 1.06 bits per heavy atom. The number of nitrogens with zero attached hydrogens (tertiary/aromatic N) is 2. The van der Waals surface area contributed by atoms with E-state index in [9.17, 15) is 14.4 Å². The number of carbonyl (C=O) groups is 3. The summed E-state index contributed by atoms with van der Waals surface area (Å²) >= 11 is 6.00. The molecule has 0 aliphatic carbocycles. The molecule has 1 aliphatic heterocycles. The highest BCUT2D eigenvalue weighted by atomic mass is 35.5. The molecule has 2 heterocycles. The van der Waals surface area contributed by atoms with E-state index < -0.39 is 17.8 Å². The van der Waals surface area contributed by atoms with Crippen LogP contribution < -0.4 is 10.6 Å². The van der Waals surface area contributed by atoms with E-state index in [2.05, 4.69) is 10.6 Å². The molecule has 2 aromatic carbocycles. The highest BCUT2D eigenvalue weighted by Crippen LogP contribution is 2.25. The highest BCUT2D eigenvalue weighted by Gasteiger charge is 2.35. The Kier molecular flexibility index (Phi) is 6.07. The molecule has 4 rings (SSSR count). The lowest BCUT2D eigenvalue weighted by molar-refractivity contribution is -0.127. The summed E-state index contributed by atoms with van der Waals surface area (Å²) in [5, 5.41) is 5.94. The Morgan fingerprint density at radius 2 is 1.79 bits per heavy atom. The molecule has 0 bridgehead atoms. The van der Waals surface area contributed by atoms with Crippen LogP contribution in [0.2, 0.25) is 5.02 Å². The lowest BCUT2D eigenvalue weighted by Gasteiger charge is -2.12. The number of halogens is 1. The van der Waals surface area contributed by atoms with Crippen molar-refractivity contribution in [3.8, 4) is 5.69 Å². The van der Waals surface area contributed by atoms with Gasteiger partial charge in [-0.25, -0.2) is 9.69 Å². The maximum atomic E-state index is 12.8. The second-order valence-corrected chi connectivity index (χ2v) is 8.37. The number of aromatic nitrogens is 1. The summed E-state index contributed by atoms with van der Waals surface area (Å²) in [7, 11) is 0. The number of nitrogens with one attached hydrogen (secondary N) is 2. The predicted molar refractivity (Wildman–Crippen MR) is 128 cm³/mol. The van der Waals surface area contributed by atoms with Crippen molar-refractivity contribution in [3.63, 3.8) is 0 Å². The molecule has 0 saturated carbocycles. The van der Waals surface area contributed by atoms with E-state index in [0.29, 0.717) is 10.7 Å². The van der Waals surface area contributed by atoms with Gasteiger partial charge in [-0.1, -0.05) is 23.7 Å². The van der Waals surface area contributed by atoms with Crippen molar-refractivity contribution in [2.75, 3.05) is 11.9 Å². The number of anilines is 1. The Balaban J connectivity index is 1.53. The number of amides is 4. The van der Waals surface area contributed by atoms with Crippen LogP contribution in [0.15, 0.2) is 60.3 Å². The van der Waals surface area contributed by atoms with Gasteiger partial charge in [0, 0.05) is 27.8 Å². The Hall–Kier alpha value is -3.84. The lowest BCUT2D eigenvalue weighted by Crippen LogP contribution is -2.38. The van der Waals surface area contributed by atoms with Crippen LogP contribution in [-0.4, -0.2) is 33.9 Å². The molecule has 1 fully saturated rings. The van der Waals surface area contributed by atoms with Gasteiger partial charge in [0.2, 0.25) is 5.91 Å². The second kappa shape index (κ2) is 8.96. The predicted octanol–water partition coefficient (Wildman–Crippen LogP) is 4.59. The first-order chi connectivity index (χ1) is 15.7. The highest BCUT2D eigenvalue weighted by molar-refractivity contribution is 6.30. The van der Waals surface area contributed by atoms with Gasteiger partial charge in [-0.05, 0) is 80.4 Å². The van der Waals surface area contributed by atoms with Gasteiger partial charge in [0.25, 0.3) is 5.91 Å². The molecule has 3 aromatic rings. The minimum atomic E-state index is -0.628. The summed E-state index contributed by atoms with van der Waals surface area (Å²) in [5.74, 6) is -0.998. The van der Waals surface area contributed by atoms with Gasteiger partial charge in [-0.15, -0.1) is 0 Å². The average molecular weight is 463 g/mol. The fraction of sp³-hybridized carbons (Fsp3) is 0.160. The SMILES string of the molecule is Cc1cccc(NC(=O)CN2C(=O)N/C(=C\c3cc(C)n(-c4ccc(Cl)cc4)c3C)C2=O)c1. The van der Waals surface area contributed by atoms with Crippen molar-refractivity contribution in [2.24, 2.45) is 0 Å². The molecule has 33 heavy (non-hydrogen) atoms. The molecule has 2 N–H and O–H groups in total. The fourth-order valence-corrected chi connectivity index (χ4v) is 3.98. The van der Waals surface area contributed by atoms with Crippen molar-refractivity contribution in [2.45, 2.75) is 20.8 Å². The fourth-order valence-electron chi connectivity index (χ4n) is 3.86. The third-order valence-corrected chi connectivity index (χ3v) is 5.67. The molecule has 1 saturated heterocycles. The van der Waals surface area contributed by atoms with Crippen LogP contribution >= 0.6 is 11.6 Å². The quantitative estimate of drug-likeness (QED) is 0.429. The summed E-state index contributed by atoms with van der Waals surface area (Å²) in [6, 6.07) is 16.0. The molecule has 0 atom stereocenters. The third kappa shape index (κ3) is 4.68. The molecule has 0 unspecified atom stereocenters. The number of hydrogen-bond donors (Lipinski definition) is 2. The number of urea groups is 1. The van der Waals surface area contributed by atoms with Crippen LogP contribution in [0.4, 0.5) is 10.5 Å². The van der Waals surface area contributed by atoms with E-state index in [-0.39, 0.29) is 12.2 Å². The topological polar surface area (TPSA) is 83.4 Å². The largest absolute Gasteiger partial charge is 0.329 e. The molecular formula is C25H23ClN4O3. The second-order valence-electron chi connectivity index (χ2n) is 7.94. The van der Waals surface area contributed by atoms with E-state index in [1.54, 1.807) is 12.1 Å². The summed E-state index contributed by atoms with van der Waals surface area (Å²) in [5.41, 5.74) is 5.32. The van der Waals surface area contributed by atoms with Crippen molar-refractivity contribution in [1.29, 1.82) is 0 Å². The van der Waals surface area contributed by atoms with Crippen molar-refractivity contribution in [1.82, 2.24) is 14.8 Å². The Morgan fingerprint density at radius 3 is 2.48 bits per heavy atom. The molecule has 0 radical (unpaired) electrons. The van der Waals surface area contributed by atoms with Crippen LogP contribution in [0, 0.1) is 20.8 Å². The first-order valence-electron chi connectivity index (χ1n) is 10.4. The molecule has 1 aromatic heterocycles. The Bertz CT molecular complexity index is 1290. The van der Waals surface area contributed by atoms with Gasteiger partial charge in [-0.2, -0.15) is 0 Å². The average Bonchev–Trinajstić information content (AvgIpc) is 3.18. The molecule has 8 heteroatoms. The zero-order valence-electron chi connectivity index (χ0n) is 18.5. The van der Waals surface area contributed by atoms with Crippen LogP contribution in [-0.2, 0) is 9.59 Å². The molecule has 4 amide bonds. The van der Waals surface area contributed by atoms with E-state index >= 15 is 0 Å². The first-order valence-corrected chi connectivity index (χ1v) is 10.8. The molecular weight excluding hydrogens is 440 g/mol. The molecule has 7 nitrogen and oxygen atoms in total. The number of carbonyl (C=O) groups excluding carboxylic acids is 3. The van der Waals surface area contributed by atoms with Gasteiger partial charge >= 0.3 is 6.03 Å². The minimum absolute atomic E-state index is 0.125.